The predicted octanol–water partition coefficient (Wildman–Crippen LogP) is 3.75. The Labute approximate surface area is 183 Å². The number of para-hydroxylation sites is 1. The van der Waals surface area contributed by atoms with E-state index in [1.54, 1.807) is 14.2 Å². The number of aromatic nitrogens is 1. The molecular formula is C25H31N3O3. The first-order valence-corrected chi connectivity index (χ1v) is 10.9. The van der Waals surface area contributed by atoms with Gasteiger partial charge in [-0.3, -0.25) is 4.79 Å². The SMILES string of the molecule is COc1cc2c(cc1OC)C(=O)N(CCCN(C)CCc1c[nH]c3ccccc13)CC2. The quantitative estimate of drug-likeness (QED) is 0.572. The molecule has 2 heterocycles. The van der Waals surface area contributed by atoms with Crippen molar-refractivity contribution in [1.29, 1.82) is 0 Å². The molecule has 1 aliphatic heterocycles. The van der Waals surface area contributed by atoms with Crippen molar-refractivity contribution in [2.24, 2.45) is 0 Å². The molecule has 0 radical (unpaired) electrons. The van der Waals surface area contributed by atoms with Crippen LogP contribution in [0.5, 0.6) is 11.5 Å². The summed E-state index contributed by atoms with van der Waals surface area (Å²) in [7, 11) is 5.37. The van der Waals surface area contributed by atoms with Gasteiger partial charge in [-0.25, -0.2) is 0 Å². The Morgan fingerprint density at radius 1 is 1.10 bits per heavy atom. The number of ether oxygens (including phenoxy) is 2. The van der Waals surface area contributed by atoms with Crippen molar-refractivity contribution in [2.75, 3.05) is 47.4 Å². The number of hydrogen-bond acceptors (Lipinski definition) is 4. The molecule has 1 aliphatic rings. The highest BCUT2D eigenvalue weighted by Gasteiger charge is 2.26. The van der Waals surface area contributed by atoms with E-state index in [-0.39, 0.29) is 5.91 Å². The summed E-state index contributed by atoms with van der Waals surface area (Å²) in [4.78, 5) is 20.6. The first kappa shape index (κ1) is 21.2. The molecule has 0 unspecified atom stereocenters. The van der Waals surface area contributed by atoms with Gasteiger partial charge in [-0.15, -0.1) is 0 Å². The van der Waals surface area contributed by atoms with Gasteiger partial charge in [-0.1, -0.05) is 18.2 Å². The van der Waals surface area contributed by atoms with Gasteiger partial charge >= 0.3 is 0 Å². The summed E-state index contributed by atoms with van der Waals surface area (Å²) < 4.78 is 10.7. The highest BCUT2D eigenvalue weighted by Crippen LogP contribution is 2.33. The Hall–Kier alpha value is -2.99. The van der Waals surface area contributed by atoms with Crippen LogP contribution in [0.1, 0.15) is 27.9 Å². The zero-order valence-electron chi connectivity index (χ0n) is 18.6. The zero-order valence-corrected chi connectivity index (χ0v) is 18.6. The van der Waals surface area contributed by atoms with E-state index in [1.807, 2.05) is 17.0 Å². The smallest absolute Gasteiger partial charge is 0.254 e. The Bertz CT molecular complexity index is 1060. The van der Waals surface area contributed by atoms with Gasteiger partial charge in [0.2, 0.25) is 0 Å². The maximum Gasteiger partial charge on any atom is 0.254 e. The predicted molar refractivity (Wildman–Crippen MR) is 123 cm³/mol. The summed E-state index contributed by atoms with van der Waals surface area (Å²) >= 11 is 0. The van der Waals surface area contributed by atoms with E-state index in [9.17, 15) is 4.79 Å². The normalized spacial score (nSPS) is 13.7. The molecule has 31 heavy (non-hydrogen) atoms. The fraction of sp³-hybridized carbons (Fsp3) is 0.400. The third kappa shape index (κ3) is 4.54. The lowest BCUT2D eigenvalue weighted by molar-refractivity contribution is 0.0732. The van der Waals surface area contributed by atoms with E-state index >= 15 is 0 Å². The Morgan fingerprint density at radius 3 is 2.68 bits per heavy atom. The summed E-state index contributed by atoms with van der Waals surface area (Å²) in [6.45, 7) is 3.48. The van der Waals surface area contributed by atoms with Crippen molar-refractivity contribution in [3.63, 3.8) is 0 Å². The van der Waals surface area contributed by atoms with Gasteiger partial charge in [0.15, 0.2) is 11.5 Å². The van der Waals surface area contributed by atoms with Gasteiger partial charge in [-0.2, -0.15) is 0 Å². The summed E-state index contributed by atoms with van der Waals surface area (Å²) in [5.74, 6) is 1.37. The van der Waals surface area contributed by atoms with Crippen LogP contribution in [0.2, 0.25) is 0 Å². The van der Waals surface area contributed by atoms with E-state index in [2.05, 4.69) is 47.4 Å². The molecule has 0 saturated heterocycles. The van der Waals surface area contributed by atoms with Crippen molar-refractivity contribution < 1.29 is 14.3 Å². The molecule has 2 aromatic carbocycles. The molecule has 4 rings (SSSR count). The summed E-state index contributed by atoms with van der Waals surface area (Å²) in [5, 5.41) is 1.31. The van der Waals surface area contributed by atoms with Crippen LogP contribution in [0.15, 0.2) is 42.6 Å². The molecule has 3 aromatic rings. The van der Waals surface area contributed by atoms with Crippen molar-refractivity contribution in [2.45, 2.75) is 19.3 Å². The number of likely N-dealkylation sites (N-methyl/N-ethyl adjacent to an activating group) is 1. The highest BCUT2D eigenvalue weighted by atomic mass is 16.5. The van der Waals surface area contributed by atoms with E-state index in [4.69, 9.17) is 9.47 Å². The number of carbonyl (C=O) groups is 1. The standard InChI is InChI=1S/C25H31N3O3/c1-27(13-9-19-17-26-22-8-5-4-7-20(19)22)11-6-12-28-14-10-18-15-23(30-2)24(31-3)16-21(18)25(28)29/h4-5,7-8,15-17,26H,6,9-14H2,1-3H3. The average Bonchev–Trinajstić information content (AvgIpc) is 3.21. The molecule has 0 spiro atoms. The second kappa shape index (κ2) is 9.43. The molecule has 6 heteroatoms. The van der Waals surface area contributed by atoms with Crippen molar-refractivity contribution >= 4 is 16.8 Å². The number of carbonyl (C=O) groups excluding carboxylic acids is 1. The maximum atomic E-state index is 13.0. The topological polar surface area (TPSA) is 57.8 Å². The molecule has 0 fully saturated rings. The summed E-state index contributed by atoms with van der Waals surface area (Å²) in [6, 6.07) is 12.2. The number of aromatic amines is 1. The number of amides is 1. The zero-order chi connectivity index (χ0) is 21.8. The second-order valence-corrected chi connectivity index (χ2v) is 8.17. The van der Waals surface area contributed by atoms with Crippen LogP contribution in [-0.4, -0.2) is 68.1 Å². The number of rotatable bonds is 9. The molecule has 0 atom stereocenters. The Balaban J connectivity index is 1.28. The van der Waals surface area contributed by atoms with Gasteiger partial charge in [0.1, 0.15) is 0 Å². The first-order valence-electron chi connectivity index (χ1n) is 10.9. The van der Waals surface area contributed by atoms with Gasteiger partial charge in [0.25, 0.3) is 5.91 Å². The van der Waals surface area contributed by atoms with Crippen LogP contribution < -0.4 is 9.47 Å². The molecule has 1 N–H and O–H groups in total. The fourth-order valence-electron chi connectivity index (χ4n) is 4.36. The third-order valence-electron chi connectivity index (χ3n) is 6.18. The Morgan fingerprint density at radius 2 is 1.87 bits per heavy atom. The van der Waals surface area contributed by atoms with Gasteiger partial charge in [0, 0.05) is 42.3 Å². The molecule has 1 amide bonds. The lowest BCUT2D eigenvalue weighted by atomic mass is 9.98. The maximum absolute atomic E-state index is 13.0. The van der Waals surface area contributed by atoms with Crippen LogP contribution in [0.4, 0.5) is 0 Å². The molecular weight excluding hydrogens is 390 g/mol. The molecule has 0 aliphatic carbocycles. The van der Waals surface area contributed by atoms with Crippen LogP contribution in [0.3, 0.4) is 0 Å². The molecule has 0 bridgehead atoms. The van der Waals surface area contributed by atoms with Crippen LogP contribution in [-0.2, 0) is 12.8 Å². The lowest BCUT2D eigenvalue weighted by Crippen LogP contribution is -2.39. The minimum Gasteiger partial charge on any atom is -0.493 e. The number of nitrogens with one attached hydrogen (secondary N) is 1. The second-order valence-electron chi connectivity index (χ2n) is 8.17. The molecule has 6 nitrogen and oxygen atoms in total. The molecule has 0 saturated carbocycles. The third-order valence-corrected chi connectivity index (χ3v) is 6.18. The van der Waals surface area contributed by atoms with E-state index in [0.29, 0.717) is 11.5 Å². The first-order chi connectivity index (χ1) is 15.1. The fourth-order valence-corrected chi connectivity index (χ4v) is 4.36. The van der Waals surface area contributed by atoms with Crippen molar-refractivity contribution in [1.82, 2.24) is 14.8 Å². The Kier molecular flexibility index (Phi) is 6.47. The number of methoxy groups -OCH3 is 2. The summed E-state index contributed by atoms with van der Waals surface area (Å²) in [6.07, 6.45) is 4.93. The largest absolute Gasteiger partial charge is 0.493 e. The van der Waals surface area contributed by atoms with Gasteiger partial charge in [0.05, 0.1) is 14.2 Å². The van der Waals surface area contributed by atoms with Crippen LogP contribution >= 0.6 is 0 Å². The monoisotopic (exact) mass is 421 g/mol. The highest BCUT2D eigenvalue weighted by molar-refractivity contribution is 5.97. The lowest BCUT2D eigenvalue weighted by Gasteiger charge is -2.30. The minimum atomic E-state index is 0.0867. The van der Waals surface area contributed by atoms with Crippen LogP contribution in [0, 0.1) is 0 Å². The number of H-pyrrole nitrogens is 1. The van der Waals surface area contributed by atoms with Gasteiger partial charge in [-0.05, 0) is 62.2 Å². The number of nitrogens with zero attached hydrogens (tertiary/aromatic N) is 2. The summed E-state index contributed by atoms with van der Waals surface area (Å²) in [5.41, 5.74) is 4.32. The van der Waals surface area contributed by atoms with Crippen LogP contribution in [0.25, 0.3) is 10.9 Å². The molecule has 164 valence electrons. The van der Waals surface area contributed by atoms with Crippen molar-refractivity contribution in [3.05, 3.63) is 59.3 Å². The van der Waals surface area contributed by atoms with E-state index < -0.39 is 0 Å². The minimum absolute atomic E-state index is 0.0867. The van der Waals surface area contributed by atoms with E-state index in [0.717, 1.165) is 56.6 Å². The van der Waals surface area contributed by atoms with Gasteiger partial charge < -0.3 is 24.3 Å². The number of fused-ring (bicyclic) bond motifs is 2. The van der Waals surface area contributed by atoms with Crippen molar-refractivity contribution in [3.8, 4) is 11.5 Å². The molecule has 1 aromatic heterocycles. The van der Waals surface area contributed by atoms with E-state index in [1.165, 1.54) is 16.5 Å². The average molecular weight is 422 g/mol. The number of hydrogen-bond donors (Lipinski definition) is 1. The number of benzene rings is 2.